The largest absolute Gasteiger partial charge is 0.480 e. The lowest BCUT2D eigenvalue weighted by Crippen LogP contribution is -2.40. The number of hydrogen-bond donors (Lipinski definition) is 1. The Morgan fingerprint density at radius 2 is 2.35 bits per heavy atom. The first kappa shape index (κ1) is 15.0. The summed E-state index contributed by atoms with van der Waals surface area (Å²) in [7, 11) is 0. The van der Waals surface area contributed by atoms with Gasteiger partial charge in [0, 0.05) is 19.6 Å². The number of carbonyl (C=O) groups excluding carboxylic acids is 1. The molecule has 0 radical (unpaired) electrons. The third-order valence-corrected chi connectivity index (χ3v) is 4.07. The van der Waals surface area contributed by atoms with Crippen LogP contribution in [0.4, 0.5) is 0 Å². The van der Waals surface area contributed by atoms with Crippen molar-refractivity contribution in [2.75, 3.05) is 19.7 Å². The molecule has 110 valence electrons. The number of aryl methyl sites for hydroxylation is 1. The van der Waals surface area contributed by atoms with Gasteiger partial charge in [0.25, 0.3) is 0 Å². The molecule has 1 atom stereocenters. The summed E-state index contributed by atoms with van der Waals surface area (Å²) in [6.45, 7) is 0.839. The van der Waals surface area contributed by atoms with E-state index in [0.717, 1.165) is 18.4 Å². The van der Waals surface area contributed by atoms with Crippen molar-refractivity contribution in [3.63, 3.8) is 0 Å². The van der Waals surface area contributed by atoms with Gasteiger partial charge in [0.1, 0.15) is 6.54 Å². The van der Waals surface area contributed by atoms with E-state index in [0.29, 0.717) is 26.0 Å². The molecule has 1 N–H and O–H groups in total. The molecule has 6 heteroatoms. The molecule has 0 aromatic carbocycles. The molecule has 0 spiro atoms. The molecule has 1 aliphatic rings. The maximum Gasteiger partial charge on any atom is 0.323 e. The van der Waals surface area contributed by atoms with Gasteiger partial charge in [-0.25, -0.2) is 0 Å². The van der Waals surface area contributed by atoms with E-state index < -0.39 is 5.97 Å². The number of amides is 1. The van der Waals surface area contributed by atoms with Crippen molar-refractivity contribution in [2.24, 2.45) is 0 Å². The Labute approximate surface area is 122 Å². The lowest BCUT2D eigenvalue weighted by molar-refractivity contribution is -0.145. The summed E-state index contributed by atoms with van der Waals surface area (Å²) in [5.74, 6) is -1.10. The second-order valence-electron chi connectivity index (χ2n) is 4.93. The Kier molecular flexibility index (Phi) is 5.55. The fraction of sp³-hybridized carbons (Fsp3) is 0.571. The molecule has 20 heavy (non-hydrogen) atoms. The van der Waals surface area contributed by atoms with Gasteiger partial charge in [0.15, 0.2) is 0 Å². The molecule has 1 aromatic heterocycles. The van der Waals surface area contributed by atoms with Gasteiger partial charge < -0.3 is 14.7 Å². The Morgan fingerprint density at radius 1 is 1.50 bits per heavy atom. The fourth-order valence-electron chi connectivity index (χ4n) is 2.30. The summed E-state index contributed by atoms with van der Waals surface area (Å²) in [6.07, 6.45) is 2.86. The van der Waals surface area contributed by atoms with Crippen LogP contribution in [0.2, 0.25) is 0 Å². The van der Waals surface area contributed by atoms with Crippen LogP contribution in [0.1, 0.15) is 24.8 Å². The van der Waals surface area contributed by atoms with E-state index in [9.17, 15) is 9.59 Å². The zero-order valence-corrected chi connectivity index (χ0v) is 12.1. The number of carbonyl (C=O) groups is 2. The van der Waals surface area contributed by atoms with Crippen molar-refractivity contribution < 1.29 is 19.4 Å². The lowest BCUT2D eigenvalue weighted by Gasteiger charge is -2.23. The van der Waals surface area contributed by atoms with E-state index in [1.54, 1.807) is 11.3 Å². The van der Waals surface area contributed by atoms with Crippen LogP contribution < -0.4 is 0 Å². The number of aliphatic carboxylic acids is 1. The van der Waals surface area contributed by atoms with E-state index in [1.165, 1.54) is 4.90 Å². The SMILES string of the molecule is O=C(O)CN(C[C@@H]1CCCO1)C(=O)CCc1ccsc1. The second-order valence-corrected chi connectivity index (χ2v) is 5.71. The van der Waals surface area contributed by atoms with E-state index in [2.05, 4.69) is 0 Å². The van der Waals surface area contributed by atoms with Crippen LogP contribution in [0.5, 0.6) is 0 Å². The lowest BCUT2D eigenvalue weighted by atomic mass is 10.1. The van der Waals surface area contributed by atoms with Gasteiger partial charge in [-0.2, -0.15) is 11.3 Å². The Hall–Kier alpha value is -1.40. The number of ether oxygens (including phenoxy) is 1. The van der Waals surface area contributed by atoms with Gasteiger partial charge in [-0.1, -0.05) is 0 Å². The van der Waals surface area contributed by atoms with Gasteiger partial charge in [0.05, 0.1) is 6.10 Å². The van der Waals surface area contributed by atoms with Crippen molar-refractivity contribution in [3.8, 4) is 0 Å². The highest BCUT2D eigenvalue weighted by Gasteiger charge is 2.23. The zero-order chi connectivity index (χ0) is 14.4. The highest BCUT2D eigenvalue weighted by atomic mass is 32.1. The molecule has 0 unspecified atom stereocenters. The first-order valence-corrected chi connectivity index (χ1v) is 7.71. The summed E-state index contributed by atoms with van der Waals surface area (Å²) in [5, 5.41) is 12.9. The van der Waals surface area contributed by atoms with Crippen LogP contribution in [-0.4, -0.2) is 47.7 Å². The van der Waals surface area contributed by atoms with Crippen LogP contribution >= 0.6 is 11.3 Å². The number of nitrogens with zero attached hydrogens (tertiary/aromatic N) is 1. The minimum Gasteiger partial charge on any atom is -0.480 e. The maximum atomic E-state index is 12.2. The Morgan fingerprint density at radius 3 is 2.95 bits per heavy atom. The van der Waals surface area contributed by atoms with Crippen LogP contribution in [0.3, 0.4) is 0 Å². The highest BCUT2D eigenvalue weighted by molar-refractivity contribution is 7.07. The average Bonchev–Trinajstić information content (AvgIpc) is 3.07. The molecule has 1 fully saturated rings. The number of carboxylic acid groups (broad SMARTS) is 1. The normalized spacial score (nSPS) is 18.1. The molecule has 0 aliphatic carbocycles. The summed E-state index contributed by atoms with van der Waals surface area (Å²) < 4.78 is 5.48. The summed E-state index contributed by atoms with van der Waals surface area (Å²) in [4.78, 5) is 24.5. The van der Waals surface area contributed by atoms with Crippen molar-refractivity contribution in [2.45, 2.75) is 31.8 Å². The van der Waals surface area contributed by atoms with E-state index in [-0.39, 0.29) is 18.6 Å². The zero-order valence-electron chi connectivity index (χ0n) is 11.3. The predicted molar refractivity (Wildman–Crippen MR) is 75.8 cm³/mol. The van der Waals surface area contributed by atoms with E-state index >= 15 is 0 Å². The fourth-order valence-corrected chi connectivity index (χ4v) is 3.00. The summed E-state index contributed by atoms with van der Waals surface area (Å²) in [5.41, 5.74) is 1.12. The molecule has 5 nitrogen and oxygen atoms in total. The molecule has 0 bridgehead atoms. The molecule has 2 heterocycles. The van der Waals surface area contributed by atoms with Gasteiger partial charge in [-0.15, -0.1) is 0 Å². The van der Waals surface area contributed by atoms with Crippen molar-refractivity contribution in [3.05, 3.63) is 22.4 Å². The van der Waals surface area contributed by atoms with Crippen molar-refractivity contribution >= 4 is 23.2 Å². The average molecular weight is 297 g/mol. The van der Waals surface area contributed by atoms with Crippen LogP contribution in [0.25, 0.3) is 0 Å². The monoisotopic (exact) mass is 297 g/mol. The van der Waals surface area contributed by atoms with Crippen LogP contribution in [0.15, 0.2) is 16.8 Å². The van der Waals surface area contributed by atoms with Gasteiger partial charge in [0.2, 0.25) is 5.91 Å². The molecule has 1 saturated heterocycles. The van der Waals surface area contributed by atoms with E-state index in [1.807, 2.05) is 16.8 Å². The summed E-state index contributed by atoms with van der Waals surface area (Å²) in [6, 6.07) is 1.99. The van der Waals surface area contributed by atoms with Gasteiger partial charge in [-0.05, 0) is 41.7 Å². The standard InChI is InChI=1S/C14H19NO4S/c16-13(4-3-11-5-7-20-10-11)15(9-14(17)18)8-12-2-1-6-19-12/h5,7,10,12H,1-4,6,8-9H2,(H,17,18)/t12-/m0/s1. The number of rotatable bonds is 7. The maximum absolute atomic E-state index is 12.2. The first-order valence-electron chi connectivity index (χ1n) is 6.77. The van der Waals surface area contributed by atoms with Gasteiger partial charge >= 0.3 is 5.97 Å². The second kappa shape index (κ2) is 7.40. The van der Waals surface area contributed by atoms with Crippen molar-refractivity contribution in [1.82, 2.24) is 4.90 Å². The molecule has 0 saturated carbocycles. The minimum atomic E-state index is -0.980. The first-order chi connectivity index (χ1) is 9.65. The third-order valence-electron chi connectivity index (χ3n) is 3.33. The van der Waals surface area contributed by atoms with Crippen molar-refractivity contribution in [1.29, 1.82) is 0 Å². The molecule has 2 rings (SSSR count). The molecule has 1 aromatic rings. The van der Waals surface area contributed by atoms with Crippen LogP contribution in [-0.2, 0) is 20.7 Å². The minimum absolute atomic E-state index is 0.0144. The smallest absolute Gasteiger partial charge is 0.323 e. The van der Waals surface area contributed by atoms with E-state index in [4.69, 9.17) is 9.84 Å². The molecular weight excluding hydrogens is 278 g/mol. The molecular formula is C14H19NO4S. The Bertz CT molecular complexity index is 440. The number of thiophene rings is 1. The van der Waals surface area contributed by atoms with Crippen LogP contribution in [0, 0.1) is 0 Å². The number of carboxylic acids is 1. The topological polar surface area (TPSA) is 66.8 Å². The predicted octanol–water partition coefficient (Wildman–Crippen LogP) is 1.77. The summed E-state index contributed by atoms with van der Waals surface area (Å²) >= 11 is 1.60. The molecule has 1 amide bonds. The third kappa shape index (κ3) is 4.61. The molecule has 1 aliphatic heterocycles. The quantitative estimate of drug-likeness (QED) is 0.833. The highest BCUT2D eigenvalue weighted by Crippen LogP contribution is 2.15. The number of hydrogen-bond acceptors (Lipinski definition) is 4. The Balaban J connectivity index is 1.86. The van der Waals surface area contributed by atoms with Gasteiger partial charge in [-0.3, -0.25) is 9.59 Å².